The molecule has 5 heteroatoms. The van der Waals surface area contributed by atoms with Gasteiger partial charge >= 0.3 is 0 Å². The van der Waals surface area contributed by atoms with Gasteiger partial charge in [0, 0.05) is 18.0 Å². The van der Waals surface area contributed by atoms with Crippen molar-refractivity contribution in [2.75, 3.05) is 13.1 Å². The Hall–Kier alpha value is -0.140. The summed E-state index contributed by atoms with van der Waals surface area (Å²) in [6.07, 6.45) is 1.03. The molecule has 0 bridgehead atoms. The molecule has 2 rings (SSSR count). The Morgan fingerprint density at radius 2 is 2.57 bits per heavy atom. The van der Waals surface area contributed by atoms with Crippen LogP contribution in [0.4, 0.5) is 0 Å². The number of halogens is 1. The molecule has 76 valence electrons. The van der Waals surface area contributed by atoms with Gasteiger partial charge in [-0.3, -0.25) is 4.79 Å². The first kappa shape index (κ1) is 10.4. The summed E-state index contributed by atoms with van der Waals surface area (Å²) in [5, 5.41) is 8.13. The zero-order valence-electron chi connectivity index (χ0n) is 7.55. The van der Waals surface area contributed by atoms with Crippen LogP contribution in [0.3, 0.4) is 0 Å². The van der Waals surface area contributed by atoms with Crippen LogP contribution in [0, 0.1) is 2.88 Å². The smallest absolute Gasteiger partial charge is 0.252 e. The molecule has 1 aliphatic rings. The van der Waals surface area contributed by atoms with Crippen molar-refractivity contribution in [2.45, 2.75) is 12.5 Å². The molecule has 0 radical (unpaired) electrons. The zero-order valence-corrected chi connectivity index (χ0v) is 10.5. The Bertz CT molecular complexity index is 333. The largest absolute Gasteiger partial charge is 0.348 e. The van der Waals surface area contributed by atoms with E-state index in [9.17, 15) is 4.79 Å². The van der Waals surface area contributed by atoms with Crippen molar-refractivity contribution in [1.82, 2.24) is 10.6 Å². The first-order valence-corrected chi connectivity index (χ1v) is 6.47. The van der Waals surface area contributed by atoms with Gasteiger partial charge in [-0.05, 0) is 41.6 Å². The summed E-state index contributed by atoms with van der Waals surface area (Å²) < 4.78 is 1.15. The number of carbonyl (C=O) groups excluding carboxylic acids is 1. The van der Waals surface area contributed by atoms with Gasteiger partial charge in [0.15, 0.2) is 0 Å². The van der Waals surface area contributed by atoms with Crippen molar-refractivity contribution >= 4 is 39.8 Å². The van der Waals surface area contributed by atoms with Crippen molar-refractivity contribution in [3.8, 4) is 0 Å². The average Bonchev–Trinajstić information content (AvgIpc) is 2.75. The third-order valence-electron chi connectivity index (χ3n) is 2.23. The van der Waals surface area contributed by atoms with E-state index in [1.165, 1.54) is 0 Å². The Balaban J connectivity index is 1.95. The molecule has 1 aromatic heterocycles. The van der Waals surface area contributed by atoms with Crippen LogP contribution < -0.4 is 10.6 Å². The van der Waals surface area contributed by atoms with E-state index in [1.54, 1.807) is 11.3 Å². The van der Waals surface area contributed by atoms with E-state index in [-0.39, 0.29) is 5.91 Å². The number of rotatable bonds is 2. The third kappa shape index (κ3) is 2.46. The third-order valence-corrected chi connectivity index (χ3v) is 4.01. The molecule has 1 fully saturated rings. The fraction of sp³-hybridized carbons (Fsp3) is 0.444. The number of hydrogen-bond donors (Lipinski definition) is 2. The second-order valence-electron chi connectivity index (χ2n) is 3.30. The summed E-state index contributed by atoms with van der Waals surface area (Å²) in [6.45, 7) is 1.90. The molecule has 0 unspecified atom stereocenters. The molecule has 1 aliphatic heterocycles. The van der Waals surface area contributed by atoms with E-state index >= 15 is 0 Å². The van der Waals surface area contributed by atoms with Crippen LogP contribution in [0.15, 0.2) is 11.4 Å². The zero-order chi connectivity index (χ0) is 9.97. The van der Waals surface area contributed by atoms with Gasteiger partial charge in [0.1, 0.15) is 0 Å². The van der Waals surface area contributed by atoms with E-state index in [1.807, 2.05) is 11.4 Å². The van der Waals surface area contributed by atoms with Gasteiger partial charge in [-0.25, -0.2) is 0 Å². The molecule has 1 saturated heterocycles. The van der Waals surface area contributed by atoms with Gasteiger partial charge in [0.25, 0.3) is 5.91 Å². The second-order valence-corrected chi connectivity index (χ2v) is 6.11. The van der Waals surface area contributed by atoms with Crippen molar-refractivity contribution in [3.63, 3.8) is 0 Å². The highest BCUT2D eigenvalue weighted by atomic mass is 127. The van der Waals surface area contributed by atoms with E-state index in [0.29, 0.717) is 6.04 Å². The second kappa shape index (κ2) is 4.59. The molecule has 2 heterocycles. The number of nitrogens with one attached hydrogen (secondary N) is 2. The van der Waals surface area contributed by atoms with E-state index in [2.05, 4.69) is 33.2 Å². The van der Waals surface area contributed by atoms with Crippen molar-refractivity contribution in [2.24, 2.45) is 0 Å². The van der Waals surface area contributed by atoms with Crippen molar-refractivity contribution in [3.05, 3.63) is 19.9 Å². The predicted molar refractivity (Wildman–Crippen MR) is 65.8 cm³/mol. The highest BCUT2D eigenvalue weighted by Crippen LogP contribution is 2.16. The highest BCUT2D eigenvalue weighted by molar-refractivity contribution is 14.1. The molecule has 14 heavy (non-hydrogen) atoms. The molecule has 1 atom stereocenters. The van der Waals surface area contributed by atoms with Crippen molar-refractivity contribution < 1.29 is 4.79 Å². The Morgan fingerprint density at radius 1 is 1.71 bits per heavy atom. The first-order chi connectivity index (χ1) is 6.75. The minimum absolute atomic E-state index is 0.0536. The number of carbonyl (C=O) groups is 1. The van der Waals surface area contributed by atoms with Crippen LogP contribution in [0.2, 0.25) is 0 Å². The Morgan fingerprint density at radius 3 is 3.14 bits per heavy atom. The minimum Gasteiger partial charge on any atom is -0.348 e. The van der Waals surface area contributed by atoms with Gasteiger partial charge < -0.3 is 10.6 Å². The van der Waals surface area contributed by atoms with Crippen LogP contribution in [-0.4, -0.2) is 25.0 Å². The average molecular weight is 322 g/mol. The quantitative estimate of drug-likeness (QED) is 0.809. The highest BCUT2D eigenvalue weighted by Gasteiger charge is 2.17. The standard InChI is InChI=1S/C9H11IN2OS/c10-8-3-6(5-14-8)9(13)12-7-1-2-11-4-7/h3,5,7,11H,1-2,4H2,(H,12,13)/t7-/m1/s1. The number of hydrogen-bond acceptors (Lipinski definition) is 3. The topological polar surface area (TPSA) is 41.1 Å². The molecule has 0 aliphatic carbocycles. The monoisotopic (exact) mass is 322 g/mol. The summed E-state index contributed by atoms with van der Waals surface area (Å²) >= 11 is 3.83. The van der Waals surface area contributed by atoms with E-state index in [4.69, 9.17) is 0 Å². The maximum Gasteiger partial charge on any atom is 0.252 e. The normalized spacial score (nSPS) is 21.1. The van der Waals surface area contributed by atoms with Gasteiger partial charge in [-0.2, -0.15) is 0 Å². The lowest BCUT2D eigenvalue weighted by atomic mass is 10.2. The fourth-order valence-electron chi connectivity index (χ4n) is 1.48. The van der Waals surface area contributed by atoms with E-state index < -0.39 is 0 Å². The summed E-state index contributed by atoms with van der Waals surface area (Å²) in [5.74, 6) is 0.0536. The summed E-state index contributed by atoms with van der Waals surface area (Å²) in [4.78, 5) is 11.7. The maximum atomic E-state index is 11.7. The Labute approximate surface area is 100 Å². The molecule has 0 saturated carbocycles. The summed E-state index contributed by atoms with van der Waals surface area (Å²) in [6, 6.07) is 2.23. The summed E-state index contributed by atoms with van der Waals surface area (Å²) in [7, 11) is 0. The van der Waals surface area contributed by atoms with Crippen LogP contribution in [0.25, 0.3) is 0 Å². The predicted octanol–water partition coefficient (Wildman–Crippen LogP) is 1.44. The molecule has 1 amide bonds. The lowest BCUT2D eigenvalue weighted by molar-refractivity contribution is 0.0940. The SMILES string of the molecule is O=C(N[C@@H]1CCNC1)c1csc(I)c1. The first-order valence-electron chi connectivity index (χ1n) is 4.51. The van der Waals surface area contributed by atoms with E-state index in [0.717, 1.165) is 28.0 Å². The van der Waals surface area contributed by atoms with Crippen LogP contribution in [0.1, 0.15) is 16.8 Å². The van der Waals surface area contributed by atoms with Crippen LogP contribution >= 0.6 is 33.9 Å². The Kier molecular flexibility index (Phi) is 3.40. The molecule has 3 nitrogen and oxygen atoms in total. The van der Waals surface area contributed by atoms with Gasteiger partial charge in [0.2, 0.25) is 0 Å². The fourth-order valence-corrected chi connectivity index (χ4v) is 2.80. The molecule has 0 spiro atoms. The minimum atomic E-state index is 0.0536. The number of thiophene rings is 1. The van der Waals surface area contributed by atoms with Crippen LogP contribution in [-0.2, 0) is 0 Å². The van der Waals surface area contributed by atoms with Crippen LogP contribution in [0.5, 0.6) is 0 Å². The molecule has 0 aromatic carbocycles. The lowest BCUT2D eigenvalue weighted by Crippen LogP contribution is -2.35. The summed E-state index contributed by atoms with van der Waals surface area (Å²) in [5.41, 5.74) is 0.784. The maximum absolute atomic E-state index is 11.7. The van der Waals surface area contributed by atoms with Gasteiger partial charge in [-0.15, -0.1) is 11.3 Å². The molecule has 1 aromatic rings. The van der Waals surface area contributed by atoms with Crippen molar-refractivity contribution in [1.29, 1.82) is 0 Å². The molecule has 2 N–H and O–H groups in total. The van der Waals surface area contributed by atoms with Gasteiger partial charge in [-0.1, -0.05) is 0 Å². The molecular weight excluding hydrogens is 311 g/mol. The molecular formula is C9H11IN2OS. The lowest BCUT2D eigenvalue weighted by Gasteiger charge is -2.09. The van der Waals surface area contributed by atoms with Gasteiger partial charge in [0.05, 0.1) is 8.45 Å². The number of amides is 1.